The molecular formula is C20H30F2N4O3. The molecule has 2 amide bonds. The van der Waals surface area contributed by atoms with E-state index in [2.05, 4.69) is 10.6 Å². The number of ether oxygens (including phenoxy) is 1. The molecule has 0 aromatic heterocycles. The van der Waals surface area contributed by atoms with Crippen LogP contribution in [0.15, 0.2) is 18.2 Å². The largest absolute Gasteiger partial charge is 0.383 e. The molecule has 0 saturated carbocycles. The third kappa shape index (κ3) is 8.04. The number of benzene rings is 1. The number of hydrogen-bond donors (Lipinski definition) is 2. The summed E-state index contributed by atoms with van der Waals surface area (Å²) in [6, 6.07) is 3.36. The van der Waals surface area contributed by atoms with Crippen LogP contribution in [0.4, 0.5) is 8.78 Å². The minimum Gasteiger partial charge on any atom is -0.383 e. The Morgan fingerprint density at radius 2 is 1.62 bits per heavy atom. The van der Waals surface area contributed by atoms with Gasteiger partial charge in [0.05, 0.1) is 19.7 Å². The van der Waals surface area contributed by atoms with E-state index in [1.807, 2.05) is 9.80 Å². The highest BCUT2D eigenvalue weighted by atomic mass is 19.1. The summed E-state index contributed by atoms with van der Waals surface area (Å²) in [6.07, 6.45) is 0.0935. The average Bonchev–Trinajstić information content (AvgIpc) is 2.66. The molecule has 2 N–H and O–H groups in total. The predicted molar refractivity (Wildman–Crippen MR) is 105 cm³/mol. The molecule has 0 bridgehead atoms. The van der Waals surface area contributed by atoms with Crippen LogP contribution in [-0.4, -0.2) is 87.2 Å². The summed E-state index contributed by atoms with van der Waals surface area (Å²) >= 11 is 0. The number of carbonyl (C=O) groups is 2. The normalized spacial score (nSPS) is 16.4. The third-order valence-corrected chi connectivity index (χ3v) is 4.81. The Bertz CT molecular complexity index is 661. The number of nitrogens with one attached hydrogen (secondary N) is 2. The molecule has 1 unspecified atom stereocenters. The van der Waals surface area contributed by atoms with E-state index in [9.17, 15) is 18.4 Å². The zero-order valence-electron chi connectivity index (χ0n) is 17.0. The lowest BCUT2D eigenvalue weighted by Crippen LogP contribution is -2.52. The van der Waals surface area contributed by atoms with Crippen LogP contribution in [0, 0.1) is 11.6 Å². The molecule has 9 heteroatoms. The summed E-state index contributed by atoms with van der Waals surface area (Å²) < 4.78 is 32.4. The molecule has 1 aromatic rings. The monoisotopic (exact) mass is 412 g/mol. The summed E-state index contributed by atoms with van der Waals surface area (Å²) in [5.41, 5.74) is -0.0160. The molecule has 1 aromatic carbocycles. The van der Waals surface area contributed by atoms with Gasteiger partial charge in [-0.25, -0.2) is 8.78 Å². The highest BCUT2D eigenvalue weighted by Crippen LogP contribution is 2.14. The molecule has 1 aliphatic heterocycles. The van der Waals surface area contributed by atoms with E-state index in [4.69, 9.17) is 4.74 Å². The van der Waals surface area contributed by atoms with Crippen molar-refractivity contribution in [1.82, 2.24) is 20.4 Å². The van der Waals surface area contributed by atoms with Crippen LogP contribution < -0.4 is 10.6 Å². The van der Waals surface area contributed by atoms with Gasteiger partial charge in [0.25, 0.3) is 0 Å². The van der Waals surface area contributed by atoms with Crippen molar-refractivity contribution in [2.24, 2.45) is 0 Å². The van der Waals surface area contributed by atoms with Gasteiger partial charge >= 0.3 is 0 Å². The lowest BCUT2D eigenvalue weighted by molar-refractivity contribution is -0.125. The third-order valence-electron chi connectivity index (χ3n) is 4.81. The van der Waals surface area contributed by atoms with Crippen molar-refractivity contribution < 1.29 is 23.1 Å². The van der Waals surface area contributed by atoms with Crippen LogP contribution in [0.5, 0.6) is 0 Å². The Labute approximate surface area is 170 Å². The molecule has 1 saturated heterocycles. The van der Waals surface area contributed by atoms with Crippen LogP contribution in [0.2, 0.25) is 0 Å². The second-order valence-corrected chi connectivity index (χ2v) is 7.27. The molecule has 162 valence electrons. The minimum atomic E-state index is -0.603. The molecule has 0 aliphatic carbocycles. The average molecular weight is 412 g/mol. The van der Waals surface area contributed by atoms with Gasteiger partial charge in [-0.3, -0.25) is 19.4 Å². The first-order valence-corrected chi connectivity index (χ1v) is 9.81. The number of carbonyl (C=O) groups excluding carboxylic acids is 2. The molecule has 7 nitrogen and oxygen atoms in total. The van der Waals surface area contributed by atoms with Crippen molar-refractivity contribution in [3.63, 3.8) is 0 Å². The topological polar surface area (TPSA) is 73.9 Å². The Balaban J connectivity index is 1.68. The molecular weight excluding hydrogens is 382 g/mol. The maximum atomic E-state index is 13.7. The lowest BCUT2D eigenvalue weighted by Gasteiger charge is -2.34. The predicted octanol–water partition coefficient (Wildman–Crippen LogP) is 0.392. The first-order valence-electron chi connectivity index (χ1n) is 9.81. The van der Waals surface area contributed by atoms with Gasteiger partial charge < -0.3 is 15.4 Å². The Hall–Kier alpha value is -2.10. The van der Waals surface area contributed by atoms with E-state index in [0.29, 0.717) is 45.9 Å². The molecule has 1 aliphatic rings. The first-order chi connectivity index (χ1) is 13.9. The van der Waals surface area contributed by atoms with Crippen molar-refractivity contribution >= 4 is 11.8 Å². The smallest absolute Gasteiger partial charge is 0.234 e. The molecule has 1 atom stereocenters. The van der Waals surface area contributed by atoms with Gasteiger partial charge in [0.1, 0.15) is 11.6 Å². The summed E-state index contributed by atoms with van der Waals surface area (Å²) in [5, 5.41) is 5.59. The summed E-state index contributed by atoms with van der Waals surface area (Å²) in [4.78, 5) is 28.1. The van der Waals surface area contributed by atoms with E-state index in [1.54, 1.807) is 14.0 Å². The standard InChI is InChI=1S/C20H30F2N4O3/c1-15(12-16-17(21)4-3-5-18(16)22)24-20(28)14-26-9-7-25(8-10-26)13-19(27)23-6-11-29-2/h3-5,15H,6-14H2,1-2H3,(H,23,27)(H,24,28). The highest BCUT2D eigenvalue weighted by molar-refractivity contribution is 5.78. The van der Waals surface area contributed by atoms with Gasteiger partial charge in [-0.1, -0.05) is 6.07 Å². The summed E-state index contributed by atoms with van der Waals surface area (Å²) in [5.74, 6) is -1.43. The first kappa shape index (κ1) is 23.2. The van der Waals surface area contributed by atoms with Crippen LogP contribution in [0.3, 0.4) is 0 Å². The van der Waals surface area contributed by atoms with Crippen LogP contribution in [-0.2, 0) is 20.7 Å². The number of nitrogens with zero attached hydrogens (tertiary/aromatic N) is 2. The van der Waals surface area contributed by atoms with E-state index in [-0.39, 0.29) is 36.4 Å². The van der Waals surface area contributed by atoms with Gasteiger partial charge in [0.2, 0.25) is 11.8 Å². The fraction of sp³-hybridized carbons (Fsp3) is 0.600. The zero-order valence-corrected chi connectivity index (χ0v) is 17.0. The van der Waals surface area contributed by atoms with Crippen molar-refractivity contribution in [2.75, 3.05) is 59.5 Å². The van der Waals surface area contributed by atoms with Crippen LogP contribution in [0.1, 0.15) is 12.5 Å². The number of halogens is 2. The quantitative estimate of drug-likeness (QED) is 0.544. The molecule has 0 radical (unpaired) electrons. The lowest BCUT2D eigenvalue weighted by atomic mass is 10.1. The fourth-order valence-electron chi connectivity index (χ4n) is 3.27. The van der Waals surface area contributed by atoms with Gasteiger partial charge in [-0.15, -0.1) is 0 Å². The second-order valence-electron chi connectivity index (χ2n) is 7.27. The molecule has 0 spiro atoms. The maximum Gasteiger partial charge on any atom is 0.234 e. The summed E-state index contributed by atoms with van der Waals surface area (Å²) in [7, 11) is 1.58. The van der Waals surface area contributed by atoms with Crippen molar-refractivity contribution in [3.05, 3.63) is 35.4 Å². The number of methoxy groups -OCH3 is 1. The van der Waals surface area contributed by atoms with Crippen LogP contribution >= 0.6 is 0 Å². The van der Waals surface area contributed by atoms with Gasteiger partial charge in [-0.05, 0) is 25.5 Å². The van der Waals surface area contributed by atoms with Gasteiger partial charge in [-0.2, -0.15) is 0 Å². The SMILES string of the molecule is COCCNC(=O)CN1CCN(CC(=O)NC(C)Cc2c(F)cccc2F)CC1. The maximum absolute atomic E-state index is 13.7. The van der Waals surface area contributed by atoms with E-state index < -0.39 is 11.6 Å². The van der Waals surface area contributed by atoms with E-state index in [1.165, 1.54) is 18.2 Å². The number of hydrogen-bond acceptors (Lipinski definition) is 5. The summed E-state index contributed by atoms with van der Waals surface area (Å²) in [6.45, 7) is 5.99. The molecule has 2 rings (SSSR count). The Morgan fingerprint density at radius 3 is 2.17 bits per heavy atom. The number of rotatable bonds is 10. The number of piperazine rings is 1. The number of amides is 2. The van der Waals surface area contributed by atoms with Crippen LogP contribution in [0.25, 0.3) is 0 Å². The van der Waals surface area contributed by atoms with Crippen molar-refractivity contribution in [2.45, 2.75) is 19.4 Å². The highest BCUT2D eigenvalue weighted by Gasteiger charge is 2.21. The second kappa shape index (κ2) is 11.8. The fourth-order valence-corrected chi connectivity index (χ4v) is 3.27. The van der Waals surface area contributed by atoms with E-state index >= 15 is 0 Å². The Kier molecular flexibility index (Phi) is 9.43. The van der Waals surface area contributed by atoms with Gasteiger partial charge in [0.15, 0.2) is 0 Å². The van der Waals surface area contributed by atoms with Crippen molar-refractivity contribution in [1.29, 1.82) is 0 Å². The molecule has 29 heavy (non-hydrogen) atoms. The molecule has 1 fully saturated rings. The minimum absolute atomic E-state index is 0.0160. The van der Waals surface area contributed by atoms with Gasteiger partial charge in [0, 0.05) is 51.4 Å². The van der Waals surface area contributed by atoms with Crippen molar-refractivity contribution in [3.8, 4) is 0 Å². The molecule has 1 heterocycles. The zero-order chi connectivity index (χ0) is 21.2. The Morgan fingerprint density at radius 1 is 1.07 bits per heavy atom. The van der Waals surface area contributed by atoms with E-state index in [0.717, 1.165) is 0 Å².